The Hall–Kier alpha value is -2.14. The summed E-state index contributed by atoms with van der Waals surface area (Å²) in [6, 6.07) is 11.0. The van der Waals surface area contributed by atoms with Crippen molar-refractivity contribution >= 4 is 0 Å². The van der Waals surface area contributed by atoms with Crippen LogP contribution < -0.4 is 14.2 Å². The van der Waals surface area contributed by atoms with Gasteiger partial charge in [0, 0.05) is 23.9 Å². The number of benzene rings is 1. The second kappa shape index (κ2) is 7.23. The Kier molecular flexibility index (Phi) is 4.81. The van der Waals surface area contributed by atoms with Crippen molar-refractivity contribution in [2.45, 2.75) is 37.3 Å². The molecule has 2 unspecified atom stereocenters. The number of furan rings is 1. The highest BCUT2D eigenvalue weighted by molar-refractivity contribution is 5.51. The number of nitrogens with zero attached hydrogens (tertiary/aromatic N) is 1. The van der Waals surface area contributed by atoms with Crippen LogP contribution in [0.3, 0.4) is 0 Å². The van der Waals surface area contributed by atoms with E-state index in [0.29, 0.717) is 42.0 Å². The van der Waals surface area contributed by atoms with Gasteiger partial charge in [-0.15, -0.1) is 0 Å². The maximum Gasteiger partial charge on any atom is 0.203 e. The SMILES string of the molecule is COc1cccc(OC[C@H]2C3CCC(C[C@@H]2c2ccco2)N3C)c1OC. The van der Waals surface area contributed by atoms with Gasteiger partial charge in [-0.25, -0.2) is 0 Å². The molecule has 1 aromatic carbocycles. The van der Waals surface area contributed by atoms with Crippen LogP contribution in [0.25, 0.3) is 0 Å². The van der Waals surface area contributed by atoms with Crippen LogP contribution in [-0.4, -0.2) is 44.9 Å². The molecule has 140 valence electrons. The molecule has 0 spiro atoms. The van der Waals surface area contributed by atoms with E-state index >= 15 is 0 Å². The Labute approximate surface area is 154 Å². The standard InChI is InChI=1S/C21H27NO4/c1-22-14-9-10-17(22)16(15(12-14)18-8-5-11-25-18)13-26-20-7-4-6-19(23-2)21(20)24-3/h4-8,11,14-17H,9-10,12-13H2,1-3H3/t14?,15-,16+,17?/m0/s1. The van der Waals surface area contributed by atoms with Crippen LogP contribution in [0.15, 0.2) is 41.0 Å². The molecule has 2 aliphatic rings. The third-order valence-electron chi connectivity index (χ3n) is 6.14. The van der Waals surface area contributed by atoms with E-state index in [2.05, 4.69) is 18.0 Å². The van der Waals surface area contributed by atoms with Crippen molar-refractivity contribution in [3.05, 3.63) is 42.4 Å². The molecule has 26 heavy (non-hydrogen) atoms. The molecule has 5 nitrogen and oxygen atoms in total. The van der Waals surface area contributed by atoms with Crippen LogP contribution in [0, 0.1) is 5.92 Å². The minimum atomic E-state index is 0.390. The van der Waals surface area contributed by atoms with Gasteiger partial charge in [-0.1, -0.05) is 6.07 Å². The fraction of sp³-hybridized carbons (Fsp3) is 0.524. The molecule has 0 aliphatic carbocycles. The first-order valence-electron chi connectivity index (χ1n) is 9.32. The van der Waals surface area contributed by atoms with Crippen molar-refractivity contribution < 1.29 is 18.6 Å². The van der Waals surface area contributed by atoms with Crippen LogP contribution in [0.2, 0.25) is 0 Å². The van der Waals surface area contributed by atoms with E-state index in [0.717, 1.165) is 17.9 Å². The molecule has 3 heterocycles. The lowest BCUT2D eigenvalue weighted by atomic mass is 9.79. The maximum absolute atomic E-state index is 6.26. The number of para-hydroxylation sites is 1. The number of methoxy groups -OCH3 is 2. The van der Waals surface area contributed by atoms with Crippen molar-refractivity contribution in [1.82, 2.24) is 4.90 Å². The zero-order chi connectivity index (χ0) is 18.1. The molecule has 2 aromatic rings. The lowest BCUT2D eigenvalue weighted by Gasteiger charge is -2.42. The van der Waals surface area contributed by atoms with E-state index in [1.54, 1.807) is 20.5 Å². The largest absolute Gasteiger partial charge is 0.493 e. The van der Waals surface area contributed by atoms with E-state index < -0.39 is 0 Å². The van der Waals surface area contributed by atoms with Gasteiger partial charge in [-0.3, -0.25) is 0 Å². The van der Waals surface area contributed by atoms with E-state index in [1.165, 1.54) is 12.8 Å². The topological polar surface area (TPSA) is 44.1 Å². The average Bonchev–Trinajstić information content (AvgIpc) is 3.27. The first-order chi connectivity index (χ1) is 12.7. The monoisotopic (exact) mass is 357 g/mol. The minimum absolute atomic E-state index is 0.390. The summed E-state index contributed by atoms with van der Waals surface area (Å²) in [4.78, 5) is 2.54. The third-order valence-corrected chi connectivity index (χ3v) is 6.14. The molecule has 4 atom stereocenters. The third kappa shape index (κ3) is 2.94. The lowest BCUT2D eigenvalue weighted by Crippen LogP contribution is -2.47. The summed E-state index contributed by atoms with van der Waals surface area (Å²) in [5, 5.41) is 0. The number of piperidine rings is 1. The molecule has 2 bridgehead atoms. The summed E-state index contributed by atoms with van der Waals surface area (Å²) in [7, 11) is 5.54. The highest BCUT2D eigenvalue weighted by atomic mass is 16.5. The van der Waals surface area contributed by atoms with Crippen molar-refractivity contribution in [2.24, 2.45) is 5.92 Å². The van der Waals surface area contributed by atoms with Gasteiger partial charge >= 0.3 is 0 Å². The van der Waals surface area contributed by atoms with Crippen molar-refractivity contribution in [3.63, 3.8) is 0 Å². The molecule has 2 aliphatic heterocycles. The van der Waals surface area contributed by atoms with Gasteiger partial charge in [0.15, 0.2) is 11.5 Å². The molecule has 0 amide bonds. The van der Waals surface area contributed by atoms with Crippen molar-refractivity contribution in [2.75, 3.05) is 27.9 Å². The van der Waals surface area contributed by atoms with E-state index in [9.17, 15) is 0 Å². The molecule has 2 saturated heterocycles. The number of fused-ring (bicyclic) bond motifs is 2. The van der Waals surface area contributed by atoms with Gasteiger partial charge in [0.2, 0.25) is 5.75 Å². The molecule has 4 rings (SSSR count). The van der Waals surface area contributed by atoms with E-state index in [1.807, 2.05) is 24.3 Å². The zero-order valence-corrected chi connectivity index (χ0v) is 15.7. The van der Waals surface area contributed by atoms with E-state index in [-0.39, 0.29) is 0 Å². The van der Waals surface area contributed by atoms with Gasteiger partial charge in [0.25, 0.3) is 0 Å². The fourth-order valence-corrected chi connectivity index (χ4v) is 4.79. The number of hydrogen-bond acceptors (Lipinski definition) is 5. The summed E-state index contributed by atoms with van der Waals surface area (Å²) >= 11 is 0. The molecular weight excluding hydrogens is 330 g/mol. The second-order valence-corrected chi connectivity index (χ2v) is 7.29. The summed E-state index contributed by atoms with van der Waals surface area (Å²) in [5.74, 6) is 3.94. The van der Waals surface area contributed by atoms with Gasteiger partial charge < -0.3 is 23.5 Å². The Balaban J connectivity index is 1.57. The first kappa shape index (κ1) is 17.3. The quantitative estimate of drug-likeness (QED) is 0.783. The van der Waals surface area contributed by atoms with E-state index in [4.69, 9.17) is 18.6 Å². The Bertz CT molecular complexity index is 730. The molecule has 2 fully saturated rings. The maximum atomic E-state index is 6.26. The molecular formula is C21H27NO4. The van der Waals surface area contributed by atoms with Crippen LogP contribution in [0.1, 0.15) is 30.9 Å². The Morgan fingerprint density at radius 3 is 2.65 bits per heavy atom. The number of rotatable bonds is 6. The van der Waals surface area contributed by atoms with Gasteiger partial charge in [-0.05, 0) is 50.6 Å². The van der Waals surface area contributed by atoms with Crippen LogP contribution in [0.4, 0.5) is 0 Å². The zero-order valence-electron chi connectivity index (χ0n) is 15.7. The molecule has 0 saturated carbocycles. The molecule has 1 aromatic heterocycles. The van der Waals surface area contributed by atoms with Gasteiger partial charge in [0.05, 0.1) is 27.1 Å². The second-order valence-electron chi connectivity index (χ2n) is 7.29. The average molecular weight is 357 g/mol. The summed E-state index contributed by atoms with van der Waals surface area (Å²) in [6.45, 7) is 0.636. The van der Waals surface area contributed by atoms with Gasteiger partial charge in [0.1, 0.15) is 5.76 Å². The fourth-order valence-electron chi connectivity index (χ4n) is 4.79. The summed E-state index contributed by atoms with van der Waals surface area (Å²) in [6.07, 6.45) is 5.39. The lowest BCUT2D eigenvalue weighted by molar-refractivity contribution is 0.0587. The molecule has 0 N–H and O–H groups in total. The van der Waals surface area contributed by atoms with Crippen LogP contribution >= 0.6 is 0 Å². The Morgan fingerprint density at radius 1 is 1.08 bits per heavy atom. The first-order valence-corrected chi connectivity index (χ1v) is 9.32. The molecule has 0 radical (unpaired) electrons. The van der Waals surface area contributed by atoms with Crippen molar-refractivity contribution in [3.8, 4) is 17.2 Å². The summed E-state index contributed by atoms with van der Waals surface area (Å²) in [5.41, 5.74) is 0. The highest BCUT2D eigenvalue weighted by Gasteiger charge is 2.47. The predicted molar refractivity (Wildman–Crippen MR) is 99.2 cm³/mol. The Morgan fingerprint density at radius 2 is 1.92 bits per heavy atom. The minimum Gasteiger partial charge on any atom is -0.493 e. The van der Waals surface area contributed by atoms with Gasteiger partial charge in [-0.2, -0.15) is 0 Å². The number of hydrogen-bond donors (Lipinski definition) is 0. The normalized spacial score (nSPS) is 28.1. The highest BCUT2D eigenvalue weighted by Crippen LogP contribution is 2.47. The summed E-state index contributed by atoms with van der Waals surface area (Å²) < 4.78 is 22.9. The van der Waals surface area contributed by atoms with Crippen molar-refractivity contribution in [1.29, 1.82) is 0 Å². The molecule has 5 heteroatoms. The smallest absolute Gasteiger partial charge is 0.203 e. The van der Waals surface area contributed by atoms with Crippen LogP contribution in [0.5, 0.6) is 17.2 Å². The predicted octanol–water partition coefficient (Wildman–Crippen LogP) is 3.94. The van der Waals surface area contributed by atoms with Crippen LogP contribution in [-0.2, 0) is 0 Å². The number of ether oxygens (including phenoxy) is 3.